The number of cyclic esters (lactones) is 1. The molecule has 1 amide bonds. The first-order valence-corrected chi connectivity index (χ1v) is 12.2. The van der Waals surface area contributed by atoms with Gasteiger partial charge < -0.3 is 14.2 Å². The molecule has 0 bridgehead atoms. The molecule has 1 unspecified atom stereocenters. The van der Waals surface area contributed by atoms with E-state index in [0.29, 0.717) is 0 Å². The lowest BCUT2D eigenvalue weighted by Crippen LogP contribution is -2.43. The second kappa shape index (κ2) is 12.2. The molecule has 2 aromatic carbocycles. The zero-order valence-electron chi connectivity index (χ0n) is 20.7. The smallest absolute Gasteiger partial charge is 0.410 e. The predicted molar refractivity (Wildman–Crippen MR) is 138 cm³/mol. The molecule has 34 heavy (non-hydrogen) atoms. The van der Waals surface area contributed by atoms with Crippen LogP contribution in [0.5, 0.6) is 0 Å². The zero-order valence-corrected chi connectivity index (χ0v) is 20.7. The highest BCUT2D eigenvalue weighted by Crippen LogP contribution is 2.30. The molecule has 1 saturated heterocycles. The Morgan fingerprint density at radius 2 is 1.47 bits per heavy atom. The second-order valence-electron chi connectivity index (χ2n) is 8.85. The van der Waals surface area contributed by atoms with Gasteiger partial charge in [0.05, 0.1) is 6.04 Å². The largest absolute Gasteiger partial charge is 0.446 e. The summed E-state index contributed by atoms with van der Waals surface area (Å²) in [5, 5.41) is 0. The third-order valence-corrected chi connectivity index (χ3v) is 6.20. The molecule has 1 aromatic heterocycles. The number of aromatic nitrogens is 1. The Kier molecular flexibility index (Phi) is 9.08. The number of carbonyl (C=O) groups is 1. The number of pyridine rings is 1. The average Bonchev–Trinajstić information content (AvgIpc) is 2.87. The molecule has 2 atom stereocenters. The molecule has 0 aliphatic carbocycles. The summed E-state index contributed by atoms with van der Waals surface area (Å²) in [6.45, 7) is 8.88. The molecule has 0 radical (unpaired) electrons. The second-order valence-corrected chi connectivity index (χ2v) is 8.85. The Balaban J connectivity index is 0.000000469. The van der Waals surface area contributed by atoms with Crippen LogP contribution in [-0.2, 0) is 4.74 Å². The summed E-state index contributed by atoms with van der Waals surface area (Å²) in [6, 6.07) is 23.9. The SMILES string of the molecule is CCC(c1ccc(-c2ccc(=O)n(C(C)C)c2)cc1)N1CC[C@@H](CC)OC1=O.c1ccccc1. The van der Waals surface area contributed by atoms with Crippen LogP contribution in [-0.4, -0.2) is 28.2 Å². The van der Waals surface area contributed by atoms with Crippen molar-refractivity contribution in [2.24, 2.45) is 0 Å². The van der Waals surface area contributed by atoms with Gasteiger partial charge in [-0.15, -0.1) is 0 Å². The van der Waals surface area contributed by atoms with E-state index >= 15 is 0 Å². The van der Waals surface area contributed by atoms with Crippen molar-refractivity contribution >= 4 is 6.09 Å². The van der Waals surface area contributed by atoms with Crippen LogP contribution in [0.1, 0.15) is 64.6 Å². The first-order valence-electron chi connectivity index (χ1n) is 12.2. The van der Waals surface area contributed by atoms with Crippen LogP contribution >= 0.6 is 0 Å². The van der Waals surface area contributed by atoms with E-state index in [4.69, 9.17) is 4.74 Å². The molecule has 180 valence electrons. The molecule has 2 heterocycles. The number of rotatable bonds is 6. The minimum atomic E-state index is -0.210. The minimum absolute atomic E-state index is 0.00964. The number of benzene rings is 2. The van der Waals surface area contributed by atoms with E-state index in [1.807, 2.05) is 74.3 Å². The maximum absolute atomic E-state index is 12.4. The Labute approximate surface area is 203 Å². The summed E-state index contributed by atoms with van der Waals surface area (Å²) in [6.07, 6.45) is 4.32. The molecule has 4 rings (SSSR count). The number of hydrogen-bond donors (Lipinski definition) is 0. The molecular formula is C29H36N2O3. The third-order valence-electron chi connectivity index (χ3n) is 6.20. The molecule has 1 aliphatic heterocycles. The molecule has 0 N–H and O–H groups in total. The fourth-order valence-electron chi connectivity index (χ4n) is 4.21. The average molecular weight is 461 g/mol. The summed E-state index contributed by atoms with van der Waals surface area (Å²) < 4.78 is 7.29. The monoisotopic (exact) mass is 460 g/mol. The highest BCUT2D eigenvalue weighted by Gasteiger charge is 2.31. The van der Waals surface area contributed by atoms with Crippen LogP contribution < -0.4 is 5.56 Å². The van der Waals surface area contributed by atoms with E-state index in [1.54, 1.807) is 10.6 Å². The maximum atomic E-state index is 12.4. The lowest BCUT2D eigenvalue weighted by Gasteiger charge is -2.36. The van der Waals surface area contributed by atoms with Crippen LogP contribution in [0.15, 0.2) is 83.8 Å². The zero-order chi connectivity index (χ0) is 24.5. The third kappa shape index (κ3) is 6.37. The minimum Gasteiger partial charge on any atom is -0.446 e. The van der Waals surface area contributed by atoms with Crippen LogP contribution in [0.4, 0.5) is 4.79 Å². The van der Waals surface area contributed by atoms with E-state index < -0.39 is 0 Å². The fraction of sp³-hybridized carbons (Fsp3) is 0.379. The topological polar surface area (TPSA) is 51.5 Å². The summed E-state index contributed by atoms with van der Waals surface area (Å²) >= 11 is 0. The van der Waals surface area contributed by atoms with Crippen molar-refractivity contribution in [1.82, 2.24) is 9.47 Å². The molecule has 1 fully saturated rings. The summed E-state index contributed by atoms with van der Waals surface area (Å²) in [5.41, 5.74) is 3.18. The molecule has 5 nitrogen and oxygen atoms in total. The lowest BCUT2D eigenvalue weighted by atomic mass is 9.98. The first kappa shape index (κ1) is 25.3. The predicted octanol–water partition coefficient (Wildman–Crippen LogP) is 6.85. The van der Waals surface area contributed by atoms with Crippen molar-refractivity contribution in [1.29, 1.82) is 0 Å². The normalized spacial score (nSPS) is 16.4. The molecule has 1 aliphatic rings. The summed E-state index contributed by atoms with van der Waals surface area (Å²) in [4.78, 5) is 26.3. The van der Waals surface area contributed by atoms with Crippen LogP contribution in [0.3, 0.4) is 0 Å². The summed E-state index contributed by atoms with van der Waals surface area (Å²) in [7, 11) is 0. The van der Waals surface area contributed by atoms with Gasteiger partial charge in [-0.1, -0.05) is 74.5 Å². The van der Waals surface area contributed by atoms with Crippen molar-refractivity contribution in [2.45, 2.75) is 65.1 Å². The molecule has 0 spiro atoms. The van der Waals surface area contributed by atoms with E-state index in [0.717, 1.165) is 42.5 Å². The van der Waals surface area contributed by atoms with Gasteiger partial charge in [0.15, 0.2) is 0 Å². The number of ether oxygens (including phenoxy) is 1. The Bertz CT molecular complexity index is 1060. The maximum Gasteiger partial charge on any atom is 0.410 e. The van der Waals surface area contributed by atoms with Crippen LogP contribution in [0, 0.1) is 0 Å². The van der Waals surface area contributed by atoms with Gasteiger partial charge in [0.2, 0.25) is 0 Å². The highest BCUT2D eigenvalue weighted by molar-refractivity contribution is 5.69. The van der Waals surface area contributed by atoms with Crippen LogP contribution in [0.25, 0.3) is 11.1 Å². The Hall–Kier alpha value is -3.34. The quantitative estimate of drug-likeness (QED) is 0.404. The molecule has 0 saturated carbocycles. The van der Waals surface area contributed by atoms with E-state index in [9.17, 15) is 9.59 Å². The van der Waals surface area contributed by atoms with E-state index in [-0.39, 0.29) is 29.8 Å². The van der Waals surface area contributed by atoms with Gasteiger partial charge in [-0.3, -0.25) is 4.79 Å². The lowest BCUT2D eigenvalue weighted by molar-refractivity contribution is 0.00884. The Morgan fingerprint density at radius 1 is 0.882 bits per heavy atom. The number of nitrogens with zero attached hydrogens (tertiary/aromatic N) is 2. The van der Waals surface area contributed by atoms with Gasteiger partial charge in [-0.25, -0.2) is 4.79 Å². The van der Waals surface area contributed by atoms with Gasteiger partial charge in [0.25, 0.3) is 5.56 Å². The molecule has 3 aromatic rings. The van der Waals surface area contributed by atoms with Gasteiger partial charge in [-0.2, -0.15) is 0 Å². The van der Waals surface area contributed by atoms with Crippen molar-refractivity contribution in [3.63, 3.8) is 0 Å². The van der Waals surface area contributed by atoms with Gasteiger partial charge in [0, 0.05) is 31.3 Å². The number of hydrogen-bond acceptors (Lipinski definition) is 3. The van der Waals surface area contributed by atoms with Crippen molar-refractivity contribution in [2.75, 3.05) is 6.54 Å². The van der Waals surface area contributed by atoms with Crippen molar-refractivity contribution in [3.8, 4) is 11.1 Å². The highest BCUT2D eigenvalue weighted by atomic mass is 16.6. The van der Waals surface area contributed by atoms with Crippen molar-refractivity contribution < 1.29 is 9.53 Å². The van der Waals surface area contributed by atoms with E-state index in [1.165, 1.54) is 0 Å². The van der Waals surface area contributed by atoms with E-state index in [2.05, 4.69) is 31.2 Å². The van der Waals surface area contributed by atoms with Crippen molar-refractivity contribution in [3.05, 3.63) is 94.9 Å². The number of amides is 1. The molecule has 5 heteroatoms. The first-order chi connectivity index (χ1) is 16.4. The number of carbonyl (C=O) groups excluding carboxylic acids is 1. The molecular weight excluding hydrogens is 424 g/mol. The summed E-state index contributed by atoms with van der Waals surface area (Å²) in [5.74, 6) is 0. The van der Waals surface area contributed by atoms with Gasteiger partial charge in [0.1, 0.15) is 6.10 Å². The Morgan fingerprint density at radius 3 is 1.97 bits per heavy atom. The fourth-order valence-corrected chi connectivity index (χ4v) is 4.21. The van der Waals surface area contributed by atoms with Gasteiger partial charge in [-0.05, 0) is 49.4 Å². The van der Waals surface area contributed by atoms with Gasteiger partial charge >= 0.3 is 6.09 Å². The standard InChI is InChI=1S/C23H30N2O3.C6H6/c1-5-20-13-14-24(23(27)28-20)21(6-2)18-9-7-17(8-10-18)19-11-12-22(26)25(15-19)16(3)4;1-2-4-6-5-3-1/h7-12,15-16,20-21H,5-6,13-14H2,1-4H3;1-6H/t20-,21?;/m1./s1. The van der Waals surface area contributed by atoms with Crippen LogP contribution in [0.2, 0.25) is 0 Å².